The van der Waals surface area contributed by atoms with Crippen molar-refractivity contribution in [1.29, 1.82) is 0 Å². The van der Waals surface area contributed by atoms with Crippen molar-refractivity contribution in [1.82, 2.24) is 10.3 Å². The Morgan fingerprint density at radius 2 is 1.77 bits per heavy atom. The zero-order chi connectivity index (χ0) is 25.8. The second kappa shape index (κ2) is 10.9. The minimum absolute atomic E-state index is 0.303. The van der Waals surface area contributed by atoms with Gasteiger partial charge in [0.05, 0.1) is 22.7 Å². The maximum atomic E-state index is 12.9. The van der Waals surface area contributed by atoms with Gasteiger partial charge in [-0.05, 0) is 43.5 Å². The molecule has 184 valence electrons. The highest BCUT2D eigenvalue weighted by molar-refractivity contribution is 6.42. The van der Waals surface area contributed by atoms with Crippen molar-refractivity contribution in [3.63, 3.8) is 0 Å². The van der Waals surface area contributed by atoms with E-state index in [2.05, 4.69) is 10.3 Å². The molecule has 0 saturated heterocycles. The van der Waals surface area contributed by atoms with Crippen LogP contribution in [-0.4, -0.2) is 39.1 Å². The molecule has 0 spiro atoms. The lowest BCUT2D eigenvalue weighted by Crippen LogP contribution is -2.50. The summed E-state index contributed by atoms with van der Waals surface area (Å²) in [4.78, 5) is 39.8. The number of hydrogen-bond donors (Lipinski definition) is 3. The molecule has 3 unspecified atom stereocenters. The van der Waals surface area contributed by atoms with Crippen molar-refractivity contribution in [3.8, 4) is 11.3 Å². The molecule has 0 aliphatic rings. The smallest absolute Gasteiger partial charge is 0.319 e. The zero-order valence-electron chi connectivity index (χ0n) is 19.0. The number of carbonyl (C=O) groups excluding carboxylic acids is 1. The van der Waals surface area contributed by atoms with Crippen LogP contribution in [0.5, 0.6) is 0 Å². The third-order valence-corrected chi connectivity index (χ3v) is 6.67. The van der Waals surface area contributed by atoms with Gasteiger partial charge in [-0.15, -0.1) is 0 Å². The van der Waals surface area contributed by atoms with E-state index in [1.165, 1.54) is 6.39 Å². The third-order valence-electron chi connectivity index (χ3n) is 5.94. The molecular weight excluding hydrogens is 495 g/mol. The molecule has 1 amide bonds. The Hall–Kier alpha value is -3.36. The topological polar surface area (TPSA) is 130 Å². The van der Waals surface area contributed by atoms with Gasteiger partial charge in [0.2, 0.25) is 5.91 Å². The van der Waals surface area contributed by atoms with Crippen LogP contribution in [0.4, 0.5) is 0 Å². The van der Waals surface area contributed by atoms with Gasteiger partial charge in [0.1, 0.15) is 0 Å². The number of carboxylic acid groups (broad SMARTS) is 2. The van der Waals surface area contributed by atoms with Crippen LogP contribution in [0.2, 0.25) is 10.0 Å². The molecule has 1 aromatic heterocycles. The van der Waals surface area contributed by atoms with Crippen LogP contribution < -0.4 is 5.32 Å². The number of oxazole rings is 1. The van der Waals surface area contributed by atoms with Crippen molar-refractivity contribution < 1.29 is 29.0 Å². The van der Waals surface area contributed by atoms with Crippen LogP contribution in [0, 0.1) is 5.41 Å². The van der Waals surface area contributed by atoms with E-state index in [9.17, 15) is 19.5 Å². The molecule has 0 fully saturated rings. The van der Waals surface area contributed by atoms with E-state index in [0.29, 0.717) is 22.2 Å². The fraction of sp³-hybridized carbons (Fsp3) is 0.280. The number of rotatable bonds is 10. The SMILES string of the molecule is CC(NC(=O)C(C)(CC(=O)O)C(=O)O)C(Cc1ccc(Cl)c(Cl)c1)c1ccc(-c2cnco2)cc1. The van der Waals surface area contributed by atoms with Crippen LogP contribution in [0.25, 0.3) is 11.3 Å². The van der Waals surface area contributed by atoms with Gasteiger partial charge in [-0.3, -0.25) is 14.4 Å². The molecule has 0 radical (unpaired) electrons. The lowest BCUT2D eigenvalue weighted by Gasteiger charge is -2.30. The van der Waals surface area contributed by atoms with E-state index < -0.39 is 35.7 Å². The van der Waals surface area contributed by atoms with Crippen molar-refractivity contribution >= 4 is 41.0 Å². The van der Waals surface area contributed by atoms with E-state index >= 15 is 0 Å². The minimum atomic E-state index is -2.12. The first kappa shape index (κ1) is 26.2. The van der Waals surface area contributed by atoms with E-state index in [1.54, 1.807) is 25.3 Å². The monoisotopic (exact) mass is 518 g/mol. The number of amides is 1. The average Bonchev–Trinajstić information content (AvgIpc) is 3.34. The van der Waals surface area contributed by atoms with Crippen LogP contribution in [0.3, 0.4) is 0 Å². The Kier molecular flexibility index (Phi) is 8.19. The minimum Gasteiger partial charge on any atom is -0.481 e. The summed E-state index contributed by atoms with van der Waals surface area (Å²) in [7, 11) is 0. The highest BCUT2D eigenvalue weighted by Gasteiger charge is 2.44. The van der Waals surface area contributed by atoms with Crippen LogP contribution in [-0.2, 0) is 20.8 Å². The number of halogens is 2. The fourth-order valence-electron chi connectivity index (χ4n) is 3.78. The quantitative estimate of drug-likeness (QED) is 0.320. The number of nitrogens with one attached hydrogen (secondary N) is 1. The molecule has 1 heterocycles. The summed E-state index contributed by atoms with van der Waals surface area (Å²) in [5, 5.41) is 22.2. The Labute approximate surface area is 211 Å². The number of hydrogen-bond acceptors (Lipinski definition) is 5. The van der Waals surface area contributed by atoms with Crippen molar-refractivity contribution in [2.24, 2.45) is 5.41 Å². The highest BCUT2D eigenvalue weighted by Crippen LogP contribution is 2.31. The molecule has 3 aromatic rings. The summed E-state index contributed by atoms with van der Waals surface area (Å²) in [6.45, 7) is 2.85. The molecule has 3 atom stereocenters. The van der Waals surface area contributed by atoms with Crippen molar-refractivity contribution in [2.45, 2.75) is 38.6 Å². The number of carboxylic acids is 2. The Morgan fingerprint density at radius 1 is 1.09 bits per heavy atom. The maximum absolute atomic E-state index is 12.9. The number of aromatic nitrogens is 1. The van der Waals surface area contributed by atoms with Gasteiger partial charge in [-0.25, -0.2) is 4.98 Å². The van der Waals surface area contributed by atoms with Crippen LogP contribution in [0.15, 0.2) is 59.5 Å². The third kappa shape index (κ3) is 6.21. The number of benzene rings is 2. The maximum Gasteiger partial charge on any atom is 0.319 e. The lowest BCUT2D eigenvalue weighted by molar-refractivity contribution is -0.160. The average molecular weight is 519 g/mol. The second-order valence-electron chi connectivity index (χ2n) is 8.52. The van der Waals surface area contributed by atoms with Crippen LogP contribution >= 0.6 is 23.2 Å². The summed E-state index contributed by atoms with van der Waals surface area (Å²) in [6, 6.07) is 12.2. The molecule has 35 heavy (non-hydrogen) atoms. The molecule has 3 rings (SSSR count). The van der Waals surface area contributed by atoms with E-state index in [0.717, 1.165) is 23.6 Å². The van der Waals surface area contributed by atoms with Gasteiger partial charge in [-0.1, -0.05) is 53.5 Å². The van der Waals surface area contributed by atoms with Gasteiger partial charge in [0, 0.05) is 17.5 Å². The first-order valence-corrected chi connectivity index (χ1v) is 11.5. The molecule has 0 aliphatic carbocycles. The Balaban J connectivity index is 1.92. The molecule has 3 N–H and O–H groups in total. The van der Waals surface area contributed by atoms with E-state index in [4.69, 9.17) is 32.7 Å². The van der Waals surface area contributed by atoms with Crippen LogP contribution in [0.1, 0.15) is 37.3 Å². The largest absolute Gasteiger partial charge is 0.481 e. The number of carbonyl (C=O) groups is 3. The summed E-state index contributed by atoms with van der Waals surface area (Å²) in [5.41, 5.74) is 0.416. The number of aliphatic carboxylic acids is 2. The summed E-state index contributed by atoms with van der Waals surface area (Å²) >= 11 is 12.2. The predicted molar refractivity (Wildman–Crippen MR) is 130 cm³/mol. The standard InChI is InChI=1S/C25H24Cl2N2O6/c1-14(29-23(32)25(2,24(33)34)11-22(30)31)18(9-15-3-8-19(26)20(27)10-15)16-4-6-17(7-5-16)21-12-28-13-35-21/h3-8,10,12-14,18H,9,11H2,1-2H3,(H,29,32)(H,30,31)(H,33,34). The van der Waals surface area contributed by atoms with E-state index in [1.807, 2.05) is 30.3 Å². The Bertz CT molecular complexity index is 1210. The molecule has 10 heteroatoms. The Morgan fingerprint density at radius 3 is 2.31 bits per heavy atom. The molecule has 8 nitrogen and oxygen atoms in total. The molecule has 2 aromatic carbocycles. The second-order valence-corrected chi connectivity index (χ2v) is 9.33. The fourth-order valence-corrected chi connectivity index (χ4v) is 4.10. The summed E-state index contributed by atoms with van der Waals surface area (Å²) in [6.07, 6.45) is 2.54. The molecule has 0 bridgehead atoms. The van der Waals surface area contributed by atoms with Gasteiger partial charge in [-0.2, -0.15) is 0 Å². The lowest BCUT2D eigenvalue weighted by atomic mass is 9.83. The first-order chi connectivity index (χ1) is 16.5. The van der Waals surface area contributed by atoms with Gasteiger partial charge in [0.25, 0.3) is 0 Å². The van der Waals surface area contributed by atoms with Crippen molar-refractivity contribution in [3.05, 3.63) is 76.2 Å². The van der Waals surface area contributed by atoms with Crippen molar-refractivity contribution in [2.75, 3.05) is 0 Å². The van der Waals surface area contributed by atoms with Gasteiger partial charge < -0.3 is 19.9 Å². The first-order valence-electron chi connectivity index (χ1n) is 10.7. The molecular formula is C25H24Cl2N2O6. The summed E-state index contributed by atoms with van der Waals surface area (Å²) in [5.74, 6) is -3.47. The zero-order valence-corrected chi connectivity index (χ0v) is 20.5. The predicted octanol–water partition coefficient (Wildman–Crippen LogP) is 5.05. The molecule has 0 saturated carbocycles. The van der Waals surface area contributed by atoms with E-state index in [-0.39, 0.29) is 5.92 Å². The summed E-state index contributed by atoms with van der Waals surface area (Å²) < 4.78 is 5.33. The number of nitrogens with zero attached hydrogens (tertiary/aromatic N) is 1. The normalized spacial score (nSPS) is 14.5. The van der Waals surface area contributed by atoms with Gasteiger partial charge in [0.15, 0.2) is 17.6 Å². The van der Waals surface area contributed by atoms with Gasteiger partial charge >= 0.3 is 11.9 Å². The molecule has 0 aliphatic heterocycles. The highest BCUT2D eigenvalue weighted by atomic mass is 35.5.